The number of benzene rings is 1. The molecule has 3 heterocycles. The highest BCUT2D eigenvalue weighted by Gasteiger charge is 2.22. The molecule has 0 unspecified atom stereocenters. The van der Waals surface area contributed by atoms with Gasteiger partial charge < -0.3 is 15.0 Å². The number of hydrogen-bond acceptors (Lipinski definition) is 5. The van der Waals surface area contributed by atoms with Crippen molar-refractivity contribution in [1.29, 1.82) is 0 Å². The van der Waals surface area contributed by atoms with Crippen molar-refractivity contribution in [2.75, 3.05) is 24.6 Å². The summed E-state index contributed by atoms with van der Waals surface area (Å²) >= 11 is 5.04. The van der Waals surface area contributed by atoms with Crippen molar-refractivity contribution >= 4 is 46.0 Å². The van der Waals surface area contributed by atoms with Gasteiger partial charge in [-0.25, -0.2) is 4.98 Å². The van der Waals surface area contributed by atoms with E-state index in [9.17, 15) is 4.79 Å². The third-order valence-electron chi connectivity index (χ3n) is 4.78. The van der Waals surface area contributed by atoms with Gasteiger partial charge in [0.25, 0.3) is 5.91 Å². The Hall–Kier alpha value is -2.67. The van der Waals surface area contributed by atoms with Crippen molar-refractivity contribution in [3.8, 4) is 5.75 Å². The first kappa shape index (κ1) is 17.7. The number of amides is 1. The number of ether oxygens (including phenoxy) is 1. The second-order valence-corrected chi connectivity index (χ2v) is 7.11. The molecule has 0 radical (unpaired) electrons. The molecule has 4 rings (SSSR count). The summed E-state index contributed by atoms with van der Waals surface area (Å²) in [5.41, 5.74) is 2.27. The Morgan fingerprint density at radius 2 is 2.04 bits per heavy atom. The lowest BCUT2D eigenvalue weighted by atomic mass is 10.1. The van der Waals surface area contributed by atoms with Crippen molar-refractivity contribution in [3.63, 3.8) is 0 Å². The number of piperidine rings is 1. The summed E-state index contributed by atoms with van der Waals surface area (Å²) < 4.78 is 5.62. The van der Waals surface area contributed by atoms with Crippen molar-refractivity contribution in [2.24, 2.45) is 0 Å². The number of thiocarbonyl (C=S) groups is 1. The topological polar surface area (TPSA) is 66.5 Å². The number of anilines is 1. The van der Waals surface area contributed by atoms with Gasteiger partial charge in [0, 0.05) is 24.0 Å². The summed E-state index contributed by atoms with van der Waals surface area (Å²) in [5.74, 6) is 1.51. The Morgan fingerprint density at radius 3 is 2.74 bits per heavy atom. The molecule has 0 saturated carbocycles. The molecule has 2 aliphatic heterocycles. The quantitative estimate of drug-likeness (QED) is 0.626. The number of carbonyl (C=O) groups is 1. The molecule has 6 nitrogen and oxygen atoms in total. The van der Waals surface area contributed by atoms with Crippen molar-refractivity contribution in [2.45, 2.75) is 26.2 Å². The Morgan fingerprint density at radius 1 is 1.22 bits per heavy atom. The van der Waals surface area contributed by atoms with Crippen LogP contribution >= 0.6 is 12.2 Å². The van der Waals surface area contributed by atoms with Crippen LogP contribution in [-0.4, -0.2) is 35.7 Å². The fraction of sp³-hybridized carbons (Fsp3) is 0.350. The van der Waals surface area contributed by atoms with Gasteiger partial charge in [-0.15, -0.1) is 0 Å². The lowest BCUT2D eigenvalue weighted by Gasteiger charge is -2.29. The Kier molecular flexibility index (Phi) is 4.94. The van der Waals surface area contributed by atoms with Gasteiger partial charge in [-0.05, 0) is 68.7 Å². The highest BCUT2D eigenvalue weighted by molar-refractivity contribution is 7.80. The molecule has 2 fully saturated rings. The van der Waals surface area contributed by atoms with Gasteiger partial charge in [0.1, 0.15) is 17.3 Å². The zero-order valence-corrected chi connectivity index (χ0v) is 16.1. The fourth-order valence-corrected chi connectivity index (χ4v) is 3.72. The zero-order valence-electron chi connectivity index (χ0n) is 15.2. The van der Waals surface area contributed by atoms with Gasteiger partial charge >= 0.3 is 0 Å². The largest absolute Gasteiger partial charge is 0.494 e. The van der Waals surface area contributed by atoms with Crippen molar-refractivity contribution < 1.29 is 9.53 Å². The van der Waals surface area contributed by atoms with Gasteiger partial charge in [-0.1, -0.05) is 0 Å². The predicted octanol–water partition coefficient (Wildman–Crippen LogP) is 2.97. The average Bonchev–Trinajstić information content (AvgIpc) is 2.99. The summed E-state index contributed by atoms with van der Waals surface area (Å²) in [6, 6.07) is 7.99. The van der Waals surface area contributed by atoms with Crippen LogP contribution in [0.2, 0.25) is 0 Å². The summed E-state index contributed by atoms with van der Waals surface area (Å²) in [6.07, 6.45) is 5.39. The Bertz CT molecular complexity index is 935. The van der Waals surface area contributed by atoms with E-state index in [0.717, 1.165) is 54.0 Å². The molecule has 1 aromatic carbocycles. The second kappa shape index (κ2) is 7.52. The highest BCUT2D eigenvalue weighted by Crippen LogP contribution is 2.30. The number of carbonyl (C=O) groups excluding carboxylic acids is 1. The smallest absolute Gasteiger partial charge is 0.273 e. The summed E-state index contributed by atoms with van der Waals surface area (Å²) in [4.78, 5) is 19.3. The standard InChI is InChI=1S/C20H22N4O2S/c1-2-26-15-6-7-16-13(11-15)10-14(12-17-19(25)23-20(27)22-17)18(21-16)24-8-4-3-5-9-24/h6-7,10-12H,2-5,8-9H2,1H3,(H2,22,23,25,27)/b17-12-. The molecule has 2 aliphatic rings. The van der Waals surface area contributed by atoms with E-state index in [1.54, 1.807) is 0 Å². The van der Waals surface area contributed by atoms with Crippen LogP contribution in [0.4, 0.5) is 5.82 Å². The number of fused-ring (bicyclic) bond motifs is 1. The molecule has 0 spiro atoms. The van der Waals surface area contributed by atoms with Gasteiger partial charge in [0.2, 0.25) is 0 Å². The average molecular weight is 382 g/mol. The van der Waals surface area contributed by atoms with Crippen LogP contribution < -0.4 is 20.3 Å². The van der Waals surface area contributed by atoms with Crippen molar-refractivity contribution in [3.05, 3.63) is 35.5 Å². The lowest BCUT2D eigenvalue weighted by molar-refractivity contribution is -0.115. The minimum Gasteiger partial charge on any atom is -0.494 e. The maximum absolute atomic E-state index is 12.1. The monoisotopic (exact) mass is 382 g/mol. The van der Waals surface area contributed by atoms with Gasteiger partial charge in [0.05, 0.1) is 12.1 Å². The molecule has 2 saturated heterocycles. The molecule has 2 aromatic rings. The van der Waals surface area contributed by atoms with Crippen LogP contribution in [0.1, 0.15) is 31.7 Å². The highest BCUT2D eigenvalue weighted by atomic mass is 32.1. The van der Waals surface area contributed by atoms with Crippen LogP contribution in [0.15, 0.2) is 30.0 Å². The summed E-state index contributed by atoms with van der Waals surface area (Å²) in [7, 11) is 0. The molecular formula is C20H22N4O2S. The van der Waals surface area contributed by atoms with Crippen LogP contribution in [0, 0.1) is 0 Å². The Labute approximate surface area is 163 Å². The van der Waals surface area contributed by atoms with E-state index in [-0.39, 0.29) is 5.91 Å². The molecule has 0 aliphatic carbocycles. The molecule has 0 bridgehead atoms. The zero-order chi connectivity index (χ0) is 18.8. The fourth-order valence-electron chi connectivity index (χ4n) is 3.52. The minimum atomic E-state index is -0.215. The molecule has 1 aromatic heterocycles. The summed E-state index contributed by atoms with van der Waals surface area (Å²) in [5, 5.41) is 6.84. The second-order valence-electron chi connectivity index (χ2n) is 6.70. The number of hydrogen-bond donors (Lipinski definition) is 2. The van der Waals surface area contributed by atoms with Crippen molar-refractivity contribution in [1.82, 2.24) is 15.6 Å². The van der Waals surface area contributed by atoms with Crippen LogP contribution in [-0.2, 0) is 4.79 Å². The molecular weight excluding hydrogens is 360 g/mol. The molecule has 2 N–H and O–H groups in total. The molecule has 27 heavy (non-hydrogen) atoms. The number of nitrogens with one attached hydrogen (secondary N) is 2. The molecule has 0 atom stereocenters. The molecule has 1 amide bonds. The van der Waals surface area contributed by atoms with Crippen LogP contribution in [0.3, 0.4) is 0 Å². The van der Waals surface area contributed by atoms with E-state index in [0.29, 0.717) is 17.4 Å². The number of nitrogens with zero attached hydrogens (tertiary/aromatic N) is 2. The third-order valence-corrected chi connectivity index (χ3v) is 4.99. The first-order chi connectivity index (χ1) is 13.1. The van der Waals surface area contributed by atoms with Crippen LogP contribution in [0.25, 0.3) is 17.0 Å². The first-order valence-corrected chi connectivity index (χ1v) is 9.71. The molecule has 7 heteroatoms. The number of rotatable bonds is 4. The SMILES string of the molecule is CCOc1ccc2nc(N3CCCCC3)c(/C=C3\NC(=S)NC3=O)cc2c1. The lowest BCUT2D eigenvalue weighted by Crippen LogP contribution is -2.30. The minimum absolute atomic E-state index is 0.215. The maximum Gasteiger partial charge on any atom is 0.273 e. The Balaban J connectivity index is 1.82. The van der Waals surface area contributed by atoms with Gasteiger partial charge in [-0.2, -0.15) is 0 Å². The predicted molar refractivity (Wildman–Crippen MR) is 111 cm³/mol. The van der Waals surface area contributed by atoms with E-state index in [1.807, 2.05) is 31.2 Å². The first-order valence-electron chi connectivity index (χ1n) is 9.30. The number of aromatic nitrogens is 1. The van der Waals surface area contributed by atoms with E-state index >= 15 is 0 Å². The van der Waals surface area contributed by atoms with E-state index in [1.165, 1.54) is 6.42 Å². The molecule has 140 valence electrons. The third kappa shape index (κ3) is 3.73. The normalized spacial score (nSPS) is 18.7. The van der Waals surface area contributed by atoms with Gasteiger partial charge in [-0.3, -0.25) is 10.1 Å². The van der Waals surface area contributed by atoms with E-state index < -0.39 is 0 Å². The van der Waals surface area contributed by atoms with Crippen LogP contribution in [0.5, 0.6) is 5.75 Å². The van der Waals surface area contributed by atoms with Gasteiger partial charge in [0.15, 0.2) is 5.11 Å². The number of pyridine rings is 1. The van der Waals surface area contributed by atoms with E-state index in [4.69, 9.17) is 21.9 Å². The van der Waals surface area contributed by atoms with E-state index in [2.05, 4.69) is 21.6 Å². The summed E-state index contributed by atoms with van der Waals surface area (Å²) in [6.45, 7) is 4.53. The maximum atomic E-state index is 12.1.